The van der Waals surface area contributed by atoms with Gasteiger partial charge in [0, 0.05) is 5.71 Å². The molecule has 3 heteroatoms. The highest BCUT2D eigenvalue weighted by Gasteiger charge is 2.19. The summed E-state index contributed by atoms with van der Waals surface area (Å²) in [7, 11) is -1.24. The molecule has 1 aromatic carbocycles. The average Bonchev–Trinajstić information content (AvgIpc) is 2.46. The number of aryl methyl sites for hydroxylation is 1. The van der Waals surface area contributed by atoms with Gasteiger partial charge in [0.1, 0.15) is 0 Å². The largest absolute Gasteiger partial charge is 0.229 e. The van der Waals surface area contributed by atoms with Crippen LogP contribution in [0.1, 0.15) is 51.0 Å². The molecule has 0 radical (unpaired) electrons. The van der Waals surface area contributed by atoms with Crippen molar-refractivity contribution in [3.05, 3.63) is 29.8 Å². The quantitative estimate of drug-likeness (QED) is 0.748. The predicted octanol–water partition coefficient (Wildman–Crippen LogP) is 4.45. The first-order chi connectivity index (χ1) is 9.20. The molecule has 1 atom stereocenters. The molecule has 1 aromatic rings. The van der Waals surface area contributed by atoms with Crippen molar-refractivity contribution in [2.75, 3.05) is 0 Å². The van der Waals surface area contributed by atoms with Crippen LogP contribution in [0.25, 0.3) is 0 Å². The van der Waals surface area contributed by atoms with Crippen LogP contribution in [0.2, 0.25) is 0 Å². The third-order valence-electron chi connectivity index (χ3n) is 3.86. The van der Waals surface area contributed by atoms with Gasteiger partial charge in [-0.1, -0.05) is 43.9 Å². The van der Waals surface area contributed by atoms with Gasteiger partial charge in [-0.05, 0) is 44.2 Å². The van der Waals surface area contributed by atoms with Crippen molar-refractivity contribution in [3.8, 4) is 0 Å². The SMILES string of the molecule is CC/C(=N\[S@@](=O)c1ccc(C)cc1)C1CCCCC1. The molecule has 0 unspecified atom stereocenters. The Kier molecular flexibility index (Phi) is 5.32. The van der Waals surface area contributed by atoms with Crippen LogP contribution in [0.5, 0.6) is 0 Å². The number of rotatable bonds is 4. The molecule has 0 bridgehead atoms. The Bertz CT molecular complexity index is 458. The first-order valence-corrected chi connectivity index (χ1v) is 8.37. The van der Waals surface area contributed by atoms with Crippen molar-refractivity contribution in [1.82, 2.24) is 0 Å². The van der Waals surface area contributed by atoms with Crippen molar-refractivity contribution >= 4 is 16.7 Å². The third kappa shape index (κ3) is 4.00. The van der Waals surface area contributed by atoms with E-state index in [0.717, 1.165) is 17.0 Å². The summed E-state index contributed by atoms with van der Waals surface area (Å²) in [6, 6.07) is 7.83. The van der Waals surface area contributed by atoms with E-state index >= 15 is 0 Å². The molecule has 19 heavy (non-hydrogen) atoms. The molecule has 0 aliphatic heterocycles. The third-order valence-corrected chi connectivity index (χ3v) is 4.94. The first-order valence-electron chi connectivity index (χ1n) is 7.26. The minimum Gasteiger partial charge on any atom is -0.229 e. The fraction of sp³-hybridized carbons (Fsp3) is 0.562. The molecule has 104 valence electrons. The smallest absolute Gasteiger partial charge is 0.172 e. The first kappa shape index (κ1) is 14.4. The van der Waals surface area contributed by atoms with Crippen LogP contribution >= 0.6 is 0 Å². The molecule has 0 heterocycles. The van der Waals surface area contributed by atoms with Crippen LogP contribution in [0.4, 0.5) is 0 Å². The molecule has 0 aromatic heterocycles. The van der Waals surface area contributed by atoms with Crippen LogP contribution in [-0.4, -0.2) is 9.92 Å². The van der Waals surface area contributed by atoms with Gasteiger partial charge in [-0.2, -0.15) is 4.40 Å². The topological polar surface area (TPSA) is 29.4 Å². The van der Waals surface area contributed by atoms with Crippen LogP contribution in [-0.2, 0) is 11.0 Å². The molecule has 2 rings (SSSR count). The lowest BCUT2D eigenvalue weighted by Crippen LogP contribution is -2.17. The molecule has 1 saturated carbocycles. The lowest BCUT2D eigenvalue weighted by Gasteiger charge is -2.22. The average molecular weight is 277 g/mol. The van der Waals surface area contributed by atoms with Crippen molar-refractivity contribution in [3.63, 3.8) is 0 Å². The van der Waals surface area contributed by atoms with E-state index in [1.54, 1.807) is 0 Å². The second kappa shape index (κ2) is 6.99. The normalized spacial score (nSPS) is 19.4. The second-order valence-corrected chi connectivity index (χ2v) is 6.49. The van der Waals surface area contributed by atoms with Gasteiger partial charge in [-0.25, -0.2) is 4.21 Å². The van der Waals surface area contributed by atoms with Crippen molar-refractivity contribution in [2.24, 2.45) is 10.3 Å². The second-order valence-electron chi connectivity index (χ2n) is 5.33. The highest BCUT2D eigenvalue weighted by Crippen LogP contribution is 2.26. The summed E-state index contributed by atoms with van der Waals surface area (Å²) in [5, 5.41) is 0. The van der Waals surface area contributed by atoms with E-state index < -0.39 is 11.0 Å². The summed E-state index contributed by atoms with van der Waals surface area (Å²) in [6.07, 6.45) is 7.29. The van der Waals surface area contributed by atoms with Gasteiger partial charge in [0.05, 0.1) is 4.90 Å². The summed E-state index contributed by atoms with van der Waals surface area (Å²) in [6.45, 7) is 4.16. The van der Waals surface area contributed by atoms with Crippen molar-refractivity contribution in [1.29, 1.82) is 0 Å². The molecule has 0 N–H and O–H groups in total. The van der Waals surface area contributed by atoms with Gasteiger partial charge in [0.15, 0.2) is 11.0 Å². The zero-order chi connectivity index (χ0) is 13.7. The Morgan fingerprint density at radius 1 is 1.21 bits per heavy atom. The van der Waals surface area contributed by atoms with E-state index in [4.69, 9.17) is 0 Å². The van der Waals surface area contributed by atoms with E-state index in [9.17, 15) is 4.21 Å². The lowest BCUT2D eigenvalue weighted by molar-refractivity contribution is 0.436. The van der Waals surface area contributed by atoms with Crippen LogP contribution in [0.15, 0.2) is 33.6 Å². The summed E-state index contributed by atoms with van der Waals surface area (Å²) < 4.78 is 16.8. The van der Waals surface area contributed by atoms with Crippen molar-refractivity contribution in [2.45, 2.75) is 57.3 Å². The zero-order valence-corrected chi connectivity index (χ0v) is 12.7. The Morgan fingerprint density at radius 2 is 1.84 bits per heavy atom. The van der Waals surface area contributed by atoms with Gasteiger partial charge in [0.2, 0.25) is 0 Å². The number of benzene rings is 1. The molecular weight excluding hydrogens is 254 g/mol. The summed E-state index contributed by atoms with van der Waals surface area (Å²) in [5.41, 5.74) is 2.34. The molecule has 0 amide bonds. The minimum atomic E-state index is -1.24. The lowest BCUT2D eigenvalue weighted by atomic mass is 9.85. The maximum Gasteiger partial charge on any atom is 0.172 e. The predicted molar refractivity (Wildman–Crippen MR) is 81.9 cm³/mol. The minimum absolute atomic E-state index is 0.563. The van der Waals surface area contributed by atoms with Gasteiger partial charge < -0.3 is 0 Å². The van der Waals surface area contributed by atoms with E-state index in [1.165, 1.54) is 37.7 Å². The number of hydrogen-bond donors (Lipinski definition) is 0. The standard InChI is InChI=1S/C16H23NOS/c1-3-16(14-7-5-4-6-8-14)17-19(18)15-11-9-13(2)10-12-15/h9-12,14H,3-8H2,1-2H3/b17-16+/t19-/m0/s1. The van der Waals surface area contributed by atoms with E-state index in [1.807, 2.05) is 31.2 Å². The monoisotopic (exact) mass is 277 g/mol. The van der Waals surface area contributed by atoms with Gasteiger partial charge >= 0.3 is 0 Å². The highest BCUT2D eigenvalue weighted by molar-refractivity contribution is 7.83. The van der Waals surface area contributed by atoms with E-state index in [0.29, 0.717) is 5.92 Å². The van der Waals surface area contributed by atoms with Gasteiger partial charge in [0.25, 0.3) is 0 Å². The molecule has 1 aliphatic rings. The Morgan fingerprint density at radius 3 is 2.42 bits per heavy atom. The van der Waals surface area contributed by atoms with Crippen LogP contribution < -0.4 is 0 Å². The van der Waals surface area contributed by atoms with Crippen LogP contribution in [0, 0.1) is 12.8 Å². The fourth-order valence-corrected chi connectivity index (χ4v) is 3.64. The molecular formula is C16H23NOS. The van der Waals surface area contributed by atoms with E-state index in [-0.39, 0.29) is 0 Å². The number of hydrogen-bond acceptors (Lipinski definition) is 1. The summed E-state index contributed by atoms with van der Waals surface area (Å²) in [4.78, 5) is 0.812. The van der Waals surface area contributed by atoms with Crippen LogP contribution in [0.3, 0.4) is 0 Å². The van der Waals surface area contributed by atoms with E-state index in [2.05, 4.69) is 11.3 Å². The Hall–Kier alpha value is -0.960. The molecule has 2 nitrogen and oxygen atoms in total. The zero-order valence-electron chi connectivity index (χ0n) is 11.9. The fourth-order valence-electron chi connectivity index (χ4n) is 2.68. The van der Waals surface area contributed by atoms with Gasteiger partial charge in [-0.15, -0.1) is 0 Å². The number of nitrogens with zero attached hydrogens (tertiary/aromatic N) is 1. The molecule has 0 spiro atoms. The molecule has 0 saturated heterocycles. The Labute approximate surface area is 118 Å². The van der Waals surface area contributed by atoms with Crippen molar-refractivity contribution < 1.29 is 4.21 Å². The Balaban J connectivity index is 2.12. The highest BCUT2D eigenvalue weighted by atomic mass is 32.2. The van der Waals surface area contributed by atoms with Gasteiger partial charge in [-0.3, -0.25) is 0 Å². The summed E-state index contributed by atoms with van der Waals surface area (Å²) in [5.74, 6) is 0.563. The molecule has 1 aliphatic carbocycles. The maximum absolute atomic E-state index is 12.3. The summed E-state index contributed by atoms with van der Waals surface area (Å²) >= 11 is 0. The molecule has 1 fully saturated rings. The maximum atomic E-state index is 12.3.